The maximum atomic E-state index is 3.82. The molecule has 0 bridgehead atoms. The van der Waals surface area contributed by atoms with E-state index in [1.54, 1.807) is 0 Å². The molecule has 0 aliphatic rings. The highest BCUT2D eigenvalue weighted by atomic mass is 29.2. The lowest BCUT2D eigenvalue weighted by Crippen LogP contribution is -2.39. The van der Waals surface area contributed by atoms with Crippen molar-refractivity contribution in [3.05, 3.63) is 83.9 Å². The molecular weight excluding hydrogens is 296 g/mol. The van der Waals surface area contributed by atoms with Crippen LogP contribution >= 0.6 is 0 Å². The first-order valence-corrected chi connectivity index (χ1v) is 14.5. The molecule has 0 atom stereocenters. The molecule has 0 saturated carbocycles. The van der Waals surface area contributed by atoms with Crippen LogP contribution in [0.4, 0.5) is 0 Å². The molecule has 0 radical (unpaired) electrons. The van der Waals surface area contributed by atoms with Crippen molar-refractivity contribution in [2.45, 2.75) is 25.2 Å². The van der Waals surface area contributed by atoms with Gasteiger partial charge in [0, 0.05) is 16.6 Å². The molecule has 0 aliphatic carbocycles. The van der Waals surface area contributed by atoms with Gasteiger partial charge in [-0.15, -0.1) is 0 Å². The van der Waals surface area contributed by atoms with E-state index in [2.05, 4.69) is 74.8 Å². The summed E-state index contributed by atoms with van der Waals surface area (Å²) >= 11 is 0. The van der Waals surface area contributed by atoms with E-state index < -0.39 is 7.59 Å². The number of rotatable bonds is 7. The number of benzene rings is 2. The van der Waals surface area contributed by atoms with Crippen LogP contribution < -0.4 is 0 Å². The molecule has 0 unspecified atom stereocenters. The molecule has 2 rings (SSSR count). The Labute approximate surface area is 138 Å². The fraction of sp³-hybridized carbons (Fsp3) is 0.200. The first kappa shape index (κ1) is 16.7. The lowest BCUT2D eigenvalue weighted by molar-refractivity contribution is 1.32. The van der Waals surface area contributed by atoms with Crippen molar-refractivity contribution in [1.29, 1.82) is 0 Å². The Kier molecular flexibility index (Phi) is 5.75. The van der Waals surface area contributed by atoms with Gasteiger partial charge in [-0.25, -0.2) is 0 Å². The monoisotopic (exact) mass is 322 g/mol. The Hall–Kier alpha value is -1.65. The molecule has 0 nitrogen and oxygen atoms in total. The van der Waals surface area contributed by atoms with E-state index in [9.17, 15) is 0 Å². The topological polar surface area (TPSA) is 0 Å². The van der Waals surface area contributed by atoms with Gasteiger partial charge >= 0.3 is 0 Å². The van der Waals surface area contributed by atoms with Crippen LogP contribution in [-0.4, -0.2) is 16.6 Å². The molecule has 2 aromatic carbocycles. The summed E-state index contributed by atoms with van der Waals surface area (Å²) in [6, 6.07) is 20.4. The number of hydrogen-bond donors (Lipinski definition) is 0. The van der Waals surface area contributed by atoms with Crippen LogP contribution in [0.1, 0.15) is 22.3 Å². The van der Waals surface area contributed by atoms with Crippen LogP contribution in [0.5, 0.6) is 0 Å². The average Bonchev–Trinajstić information content (AvgIpc) is 2.54. The van der Waals surface area contributed by atoms with Crippen LogP contribution in [0.2, 0.25) is 13.1 Å². The fourth-order valence-electron chi connectivity index (χ4n) is 2.72. The zero-order valence-corrected chi connectivity index (χ0v) is 16.2. The third kappa shape index (κ3) is 4.97. The minimum absolute atomic E-state index is 0.0434. The van der Waals surface area contributed by atoms with Gasteiger partial charge in [0.15, 0.2) is 0 Å². The average molecular weight is 323 g/mol. The van der Waals surface area contributed by atoms with Gasteiger partial charge in [-0.05, 0) is 23.2 Å². The fourth-order valence-corrected chi connectivity index (χ4v) is 9.82. The van der Waals surface area contributed by atoms with Crippen molar-refractivity contribution in [2.24, 2.45) is 0 Å². The number of hydrogen-bond acceptors (Lipinski definition) is 0. The molecule has 0 amide bonds. The molecule has 0 heterocycles. The van der Waals surface area contributed by atoms with E-state index >= 15 is 0 Å². The summed E-state index contributed by atoms with van der Waals surface area (Å²) in [5.41, 5.74) is 5.42. The Balaban J connectivity index is 1.94. The summed E-state index contributed by atoms with van der Waals surface area (Å²) in [4.78, 5) is 0. The largest absolute Gasteiger partial charge is 0.0985 e. The van der Waals surface area contributed by atoms with E-state index in [1.807, 2.05) is 12.2 Å². The lowest BCUT2D eigenvalue weighted by atomic mass is 10.1. The van der Waals surface area contributed by atoms with Crippen molar-refractivity contribution in [3.8, 4) is 0 Å². The van der Waals surface area contributed by atoms with Crippen LogP contribution in [0.15, 0.2) is 61.7 Å². The van der Waals surface area contributed by atoms with Crippen molar-refractivity contribution in [3.63, 3.8) is 0 Å². The summed E-state index contributed by atoms with van der Waals surface area (Å²) < 4.78 is 0. The molecule has 2 aromatic rings. The highest BCUT2D eigenvalue weighted by molar-refractivity contribution is 7.23. The molecular formula is C20H26Si2. The third-order valence-electron chi connectivity index (χ3n) is 4.20. The smallest absolute Gasteiger partial charge is 0.0390 e. The van der Waals surface area contributed by atoms with Crippen molar-refractivity contribution in [1.82, 2.24) is 0 Å². The summed E-state index contributed by atoms with van der Waals surface area (Å²) in [6.07, 6.45) is 3.82. The van der Waals surface area contributed by atoms with E-state index in [0.717, 1.165) is 0 Å². The SMILES string of the molecule is C=Cc1ccc(C[SiH2][Si](C)(C)Cc2ccc(C=C)cc2)cc1. The Morgan fingerprint density at radius 3 is 1.73 bits per heavy atom. The molecule has 0 aromatic heterocycles. The summed E-state index contributed by atoms with van der Waals surface area (Å²) in [5, 5.41) is 0. The summed E-state index contributed by atoms with van der Waals surface area (Å²) in [7, 11) is -1.13. The summed E-state index contributed by atoms with van der Waals surface area (Å²) in [5.74, 6) is 0. The Morgan fingerprint density at radius 1 is 0.818 bits per heavy atom. The van der Waals surface area contributed by atoms with Gasteiger partial charge in [0.25, 0.3) is 0 Å². The third-order valence-corrected chi connectivity index (χ3v) is 13.3. The van der Waals surface area contributed by atoms with Gasteiger partial charge in [0.1, 0.15) is 0 Å². The second kappa shape index (κ2) is 7.57. The quantitative estimate of drug-likeness (QED) is 0.652. The first-order valence-electron chi connectivity index (χ1n) is 7.95. The second-order valence-electron chi connectivity index (χ2n) is 6.73. The normalized spacial score (nSPS) is 11.7. The van der Waals surface area contributed by atoms with Crippen LogP contribution in [-0.2, 0) is 12.1 Å². The molecule has 0 spiro atoms. The first-order chi connectivity index (χ1) is 10.5. The Bertz CT molecular complexity index is 622. The lowest BCUT2D eigenvalue weighted by Gasteiger charge is -2.22. The predicted octanol–water partition coefficient (Wildman–Crippen LogP) is 4.63. The molecule has 0 aliphatic heterocycles. The van der Waals surface area contributed by atoms with Gasteiger partial charge < -0.3 is 0 Å². The highest BCUT2D eigenvalue weighted by Crippen LogP contribution is 2.15. The van der Waals surface area contributed by atoms with Crippen LogP contribution in [0, 0.1) is 0 Å². The van der Waals surface area contributed by atoms with Crippen molar-refractivity contribution in [2.75, 3.05) is 0 Å². The Morgan fingerprint density at radius 2 is 1.27 bits per heavy atom. The molecule has 0 saturated heterocycles. The van der Waals surface area contributed by atoms with Crippen LogP contribution in [0.25, 0.3) is 12.2 Å². The van der Waals surface area contributed by atoms with E-state index in [0.29, 0.717) is 0 Å². The standard InChI is InChI=1S/C20H26Si2/c1-5-17-7-11-19(12-8-17)15-21-22(3,4)16-20-13-9-18(6-2)10-14-20/h5-14H,1-2,15-16,21H2,3-4H3. The minimum atomic E-state index is -1.08. The predicted molar refractivity (Wildman–Crippen MR) is 107 cm³/mol. The minimum Gasteiger partial charge on any atom is -0.0985 e. The van der Waals surface area contributed by atoms with Gasteiger partial charge in [-0.3, -0.25) is 0 Å². The zero-order valence-electron chi connectivity index (χ0n) is 13.8. The molecule has 0 fully saturated rings. The second-order valence-corrected chi connectivity index (χ2v) is 19.7. The highest BCUT2D eigenvalue weighted by Gasteiger charge is 2.21. The van der Waals surface area contributed by atoms with Crippen molar-refractivity contribution >= 4 is 28.8 Å². The molecule has 114 valence electrons. The van der Waals surface area contributed by atoms with Crippen molar-refractivity contribution < 1.29 is 0 Å². The molecule has 0 N–H and O–H groups in total. The van der Waals surface area contributed by atoms with E-state index in [4.69, 9.17) is 0 Å². The van der Waals surface area contributed by atoms with Gasteiger partial charge in [-0.1, -0.05) is 98.1 Å². The van der Waals surface area contributed by atoms with Gasteiger partial charge in [-0.2, -0.15) is 0 Å². The maximum absolute atomic E-state index is 3.82. The summed E-state index contributed by atoms with van der Waals surface area (Å²) in [6.45, 7) is 12.7. The van der Waals surface area contributed by atoms with E-state index in [1.165, 1.54) is 34.3 Å². The van der Waals surface area contributed by atoms with Gasteiger partial charge in [0.05, 0.1) is 0 Å². The molecule has 2 heteroatoms. The van der Waals surface area contributed by atoms with Crippen LogP contribution in [0.3, 0.4) is 0 Å². The maximum Gasteiger partial charge on any atom is 0.0390 e. The zero-order chi connectivity index (χ0) is 16.0. The van der Waals surface area contributed by atoms with Gasteiger partial charge in [0.2, 0.25) is 0 Å². The molecule has 22 heavy (non-hydrogen) atoms. The van der Waals surface area contributed by atoms with E-state index in [-0.39, 0.29) is 9.04 Å².